The van der Waals surface area contributed by atoms with Gasteiger partial charge in [0, 0.05) is 6.61 Å². The highest BCUT2D eigenvalue weighted by molar-refractivity contribution is 5.73. The van der Waals surface area contributed by atoms with Gasteiger partial charge in [-0.05, 0) is 49.9 Å². The van der Waals surface area contributed by atoms with Gasteiger partial charge in [0.1, 0.15) is 12.4 Å². The van der Waals surface area contributed by atoms with Crippen LogP contribution in [0.5, 0.6) is 5.75 Å². The predicted octanol–water partition coefficient (Wildman–Crippen LogP) is 3.22. The molecule has 0 spiro atoms. The maximum Gasteiger partial charge on any atom is 0.337 e. The highest BCUT2D eigenvalue weighted by Crippen LogP contribution is 2.21. The molecule has 2 aromatic heterocycles. The van der Waals surface area contributed by atoms with Gasteiger partial charge >= 0.3 is 5.69 Å². The molecule has 1 unspecified atom stereocenters. The average molecular weight is 461 g/mol. The van der Waals surface area contributed by atoms with Crippen LogP contribution in [0.2, 0.25) is 0 Å². The first-order chi connectivity index (χ1) is 16.5. The number of imidazole rings is 1. The van der Waals surface area contributed by atoms with Gasteiger partial charge in [-0.3, -0.25) is 9.36 Å². The summed E-state index contributed by atoms with van der Waals surface area (Å²) in [5, 5.41) is 0. The highest BCUT2D eigenvalue weighted by Gasteiger charge is 2.24. The Morgan fingerprint density at radius 2 is 1.82 bits per heavy atom. The number of fused-ring (bicyclic) bond motifs is 1. The van der Waals surface area contributed by atoms with Crippen molar-refractivity contribution in [3.63, 3.8) is 0 Å². The van der Waals surface area contributed by atoms with Crippen LogP contribution >= 0.6 is 0 Å². The van der Waals surface area contributed by atoms with E-state index in [2.05, 4.69) is 4.98 Å². The van der Waals surface area contributed by atoms with E-state index in [-0.39, 0.29) is 18.2 Å². The topological polar surface area (TPSA) is 80.3 Å². The van der Waals surface area contributed by atoms with Crippen molar-refractivity contribution in [1.82, 2.24) is 18.7 Å². The molecule has 1 fully saturated rings. The first kappa shape index (κ1) is 22.2. The summed E-state index contributed by atoms with van der Waals surface area (Å²) >= 11 is 0. The Balaban J connectivity index is 1.63. The molecule has 0 aliphatic carbocycles. The maximum atomic E-state index is 13.7. The van der Waals surface area contributed by atoms with Crippen LogP contribution in [0.15, 0.2) is 64.4 Å². The van der Waals surface area contributed by atoms with Crippen molar-refractivity contribution in [2.45, 2.75) is 45.9 Å². The molecule has 8 nitrogen and oxygen atoms in total. The van der Waals surface area contributed by atoms with E-state index in [0.717, 1.165) is 35.4 Å². The molecule has 5 rings (SSSR count). The molecule has 0 bridgehead atoms. The fourth-order valence-corrected chi connectivity index (χ4v) is 4.64. The second-order valence-corrected chi connectivity index (χ2v) is 8.68. The third-order valence-corrected chi connectivity index (χ3v) is 6.32. The fourth-order valence-electron chi connectivity index (χ4n) is 4.64. The van der Waals surface area contributed by atoms with Crippen LogP contribution in [-0.4, -0.2) is 38.0 Å². The quantitative estimate of drug-likeness (QED) is 0.423. The number of benzene rings is 2. The van der Waals surface area contributed by atoms with Gasteiger partial charge < -0.3 is 14.0 Å². The Morgan fingerprint density at radius 3 is 2.53 bits per heavy atom. The van der Waals surface area contributed by atoms with Gasteiger partial charge in [0.05, 0.1) is 31.2 Å². The van der Waals surface area contributed by atoms with Gasteiger partial charge in [-0.25, -0.2) is 14.3 Å². The van der Waals surface area contributed by atoms with Crippen molar-refractivity contribution in [1.29, 1.82) is 0 Å². The Morgan fingerprint density at radius 1 is 1.06 bits per heavy atom. The number of nitrogens with zero attached hydrogens (tertiary/aromatic N) is 4. The van der Waals surface area contributed by atoms with Crippen LogP contribution in [0.1, 0.15) is 24.0 Å². The second-order valence-electron chi connectivity index (χ2n) is 8.68. The van der Waals surface area contributed by atoms with Crippen molar-refractivity contribution in [3.8, 4) is 11.4 Å². The SMILES string of the molecule is Cc1cccc(C)c1-n1c(=O)n(CC2CCCO2)c(=O)c2c1ncn2CCOc1ccccc1. The zero-order chi connectivity index (χ0) is 23.7. The van der Waals surface area contributed by atoms with Crippen LogP contribution in [0.4, 0.5) is 0 Å². The average Bonchev–Trinajstić information content (AvgIpc) is 3.49. The third kappa shape index (κ3) is 4.05. The molecule has 34 heavy (non-hydrogen) atoms. The summed E-state index contributed by atoms with van der Waals surface area (Å²) in [6.07, 6.45) is 3.23. The molecular formula is C26H28N4O4. The first-order valence-electron chi connectivity index (χ1n) is 11.6. The molecule has 1 atom stereocenters. The monoisotopic (exact) mass is 460 g/mol. The van der Waals surface area contributed by atoms with Gasteiger partial charge in [-0.1, -0.05) is 36.4 Å². The molecule has 0 amide bonds. The lowest BCUT2D eigenvalue weighted by Gasteiger charge is -2.17. The highest BCUT2D eigenvalue weighted by atomic mass is 16.5. The van der Waals surface area contributed by atoms with Gasteiger partial charge in [-0.2, -0.15) is 0 Å². The largest absolute Gasteiger partial charge is 0.492 e. The van der Waals surface area contributed by atoms with Crippen LogP contribution in [0, 0.1) is 13.8 Å². The summed E-state index contributed by atoms with van der Waals surface area (Å²) in [7, 11) is 0. The summed E-state index contributed by atoms with van der Waals surface area (Å²) < 4.78 is 16.2. The van der Waals surface area contributed by atoms with E-state index in [0.29, 0.717) is 30.9 Å². The summed E-state index contributed by atoms with van der Waals surface area (Å²) in [6, 6.07) is 15.4. The van der Waals surface area contributed by atoms with E-state index in [1.54, 1.807) is 15.5 Å². The minimum absolute atomic E-state index is 0.146. The molecule has 3 heterocycles. The van der Waals surface area contributed by atoms with Crippen molar-refractivity contribution >= 4 is 11.2 Å². The lowest BCUT2D eigenvalue weighted by atomic mass is 10.1. The number of rotatable bonds is 7. The van der Waals surface area contributed by atoms with Crippen molar-refractivity contribution in [2.75, 3.05) is 13.2 Å². The molecular weight excluding hydrogens is 432 g/mol. The van der Waals surface area contributed by atoms with Gasteiger partial charge in [0.25, 0.3) is 5.56 Å². The lowest BCUT2D eigenvalue weighted by Crippen LogP contribution is -2.42. The van der Waals surface area contributed by atoms with Crippen molar-refractivity contribution < 1.29 is 9.47 Å². The summed E-state index contributed by atoms with van der Waals surface area (Å²) in [6.45, 7) is 5.59. The number of aromatic nitrogens is 4. The van der Waals surface area contributed by atoms with Gasteiger partial charge in [0.2, 0.25) is 0 Å². The molecule has 1 aliphatic rings. The Bertz CT molecular complexity index is 1410. The van der Waals surface area contributed by atoms with Crippen LogP contribution in [0.25, 0.3) is 16.9 Å². The summed E-state index contributed by atoms with van der Waals surface area (Å²) in [4.78, 5) is 31.8. The Labute approximate surface area is 197 Å². The van der Waals surface area contributed by atoms with E-state index in [1.165, 1.54) is 4.57 Å². The Kier molecular flexibility index (Phi) is 6.06. The molecule has 176 valence electrons. The fraction of sp³-hybridized carbons (Fsp3) is 0.346. The van der Waals surface area contributed by atoms with Crippen LogP contribution in [0.3, 0.4) is 0 Å². The predicted molar refractivity (Wildman–Crippen MR) is 130 cm³/mol. The normalized spacial score (nSPS) is 15.8. The van der Waals surface area contributed by atoms with Crippen LogP contribution < -0.4 is 16.0 Å². The van der Waals surface area contributed by atoms with Crippen LogP contribution in [-0.2, 0) is 17.8 Å². The lowest BCUT2D eigenvalue weighted by molar-refractivity contribution is 0.0950. The van der Waals surface area contributed by atoms with Crippen molar-refractivity contribution in [3.05, 3.63) is 86.8 Å². The van der Waals surface area contributed by atoms with E-state index >= 15 is 0 Å². The minimum atomic E-state index is -0.392. The molecule has 0 N–H and O–H groups in total. The molecule has 0 radical (unpaired) electrons. The minimum Gasteiger partial charge on any atom is -0.492 e. The summed E-state index contributed by atoms with van der Waals surface area (Å²) in [5.41, 5.74) is 2.63. The number of ether oxygens (including phenoxy) is 2. The standard InChI is InChI=1S/C26H28N4O4/c1-18-8-6-9-19(2)22(18)30-24-23(25(31)29(26(30)32)16-21-12-7-14-33-21)28(17-27-24)13-15-34-20-10-4-3-5-11-20/h3-6,8-11,17,21H,7,12-16H2,1-2H3. The second kappa shape index (κ2) is 9.30. The number of hydrogen-bond donors (Lipinski definition) is 0. The smallest absolute Gasteiger partial charge is 0.337 e. The molecule has 8 heteroatoms. The zero-order valence-corrected chi connectivity index (χ0v) is 19.4. The Hall–Kier alpha value is -3.65. The van der Waals surface area contributed by atoms with Gasteiger partial charge in [0.15, 0.2) is 11.2 Å². The molecule has 1 saturated heterocycles. The van der Waals surface area contributed by atoms with E-state index in [9.17, 15) is 9.59 Å². The van der Waals surface area contributed by atoms with E-state index in [4.69, 9.17) is 9.47 Å². The van der Waals surface area contributed by atoms with Gasteiger partial charge in [-0.15, -0.1) is 0 Å². The number of hydrogen-bond acceptors (Lipinski definition) is 5. The molecule has 0 saturated carbocycles. The molecule has 4 aromatic rings. The molecule has 1 aliphatic heterocycles. The number of aryl methyl sites for hydroxylation is 2. The number of para-hydroxylation sites is 2. The molecule has 2 aromatic carbocycles. The van der Waals surface area contributed by atoms with Crippen molar-refractivity contribution in [2.24, 2.45) is 0 Å². The summed E-state index contributed by atoms with van der Waals surface area (Å²) in [5.74, 6) is 0.759. The maximum absolute atomic E-state index is 13.7. The first-order valence-corrected chi connectivity index (χ1v) is 11.6. The van der Waals surface area contributed by atoms with E-state index in [1.807, 2.05) is 62.4 Å². The zero-order valence-electron chi connectivity index (χ0n) is 19.4. The third-order valence-electron chi connectivity index (χ3n) is 6.32. The van der Waals surface area contributed by atoms with E-state index < -0.39 is 5.69 Å².